The van der Waals surface area contributed by atoms with Crippen LogP contribution in [0.5, 0.6) is 0 Å². The minimum Gasteiger partial charge on any atom is -0.394 e. The number of nitrogen functional groups attached to an aromatic ring is 2. The number of aromatic amines is 1. The van der Waals surface area contributed by atoms with Crippen molar-refractivity contribution in [1.29, 1.82) is 0 Å². The van der Waals surface area contributed by atoms with Crippen LogP contribution in [0, 0.1) is 0 Å². The molecule has 0 radical (unpaired) electrons. The first-order valence-corrected chi connectivity index (χ1v) is 13.2. The van der Waals surface area contributed by atoms with Gasteiger partial charge in [-0.3, -0.25) is 28.0 Å². The lowest BCUT2D eigenvalue weighted by Crippen LogP contribution is -2.32. The zero-order valence-electron chi connectivity index (χ0n) is 18.8. The Balaban J connectivity index is 1.40. The number of aliphatic hydroxyl groups is 2. The summed E-state index contributed by atoms with van der Waals surface area (Å²) in [6, 6.07) is 0. The molecule has 2 unspecified atom stereocenters. The fourth-order valence-corrected chi connectivity index (χ4v) is 5.34. The van der Waals surface area contributed by atoms with Crippen molar-refractivity contribution >= 4 is 52.6 Å². The quantitative estimate of drug-likeness (QED) is 0.134. The van der Waals surface area contributed by atoms with Crippen LogP contribution < -0.4 is 17.0 Å². The Morgan fingerprint density at radius 2 is 1.97 bits per heavy atom. The highest BCUT2D eigenvalue weighted by atomic mass is 32.5. The van der Waals surface area contributed by atoms with Crippen LogP contribution >= 0.6 is 6.72 Å². The molecule has 21 heteroatoms. The van der Waals surface area contributed by atoms with E-state index in [4.69, 9.17) is 37.1 Å². The van der Waals surface area contributed by atoms with E-state index in [1.165, 1.54) is 0 Å². The Kier molecular flexibility index (Phi) is 6.82. The van der Waals surface area contributed by atoms with Crippen molar-refractivity contribution in [2.24, 2.45) is 0 Å². The molecule has 0 aromatic carbocycles. The van der Waals surface area contributed by atoms with Gasteiger partial charge in [-0.05, 0) is 11.8 Å². The third kappa shape index (κ3) is 4.60. The summed E-state index contributed by atoms with van der Waals surface area (Å²) in [5.41, 5.74) is 10.3. The minimum atomic E-state index is -4.66. The summed E-state index contributed by atoms with van der Waals surface area (Å²) in [6.07, 6.45) is -8.58. The molecule has 204 valence electrons. The summed E-state index contributed by atoms with van der Waals surface area (Å²) in [5.74, 6) is -0.308. The smallest absolute Gasteiger partial charge is 0.327 e. The Morgan fingerprint density at radius 3 is 2.71 bits per heavy atom. The van der Waals surface area contributed by atoms with Gasteiger partial charge in [0.2, 0.25) is 5.95 Å². The number of hydrogen-bond donors (Lipinski definition) is 6. The maximum absolute atomic E-state index is 15.2. The maximum Gasteiger partial charge on any atom is 0.327 e. The van der Waals surface area contributed by atoms with Gasteiger partial charge in [0.05, 0.1) is 19.3 Å². The van der Waals surface area contributed by atoms with Crippen molar-refractivity contribution in [3.8, 4) is 0 Å². The highest BCUT2D eigenvalue weighted by Crippen LogP contribution is 2.52. The summed E-state index contributed by atoms with van der Waals surface area (Å²) in [5, 5.41) is 20.0. The molecule has 38 heavy (non-hydrogen) atoms. The largest absolute Gasteiger partial charge is 0.394 e. The lowest BCUT2D eigenvalue weighted by molar-refractivity contribution is -0.0979. The molecular formula is C17H19F2N10O7PS. The van der Waals surface area contributed by atoms with E-state index < -0.39 is 56.1 Å². The third-order valence-corrected chi connectivity index (χ3v) is 7.06. The molecule has 4 aromatic heterocycles. The summed E-state index contributed by atoms with van der Waals surface area (Å²) in [6.45, 7) is -5.46. The third-order valence-electron chi connectivity index (χ3n) is 5.56. The molecule has 0 saturated carbocycles. The molecule has 0 aliphatic carbocycles. The molecule has 5 heterocycles. The zero-order valence-corrected chi connectivity index (χ0v) is 20.5. The number of hydrogen-bond acceptors (Lipinski definition) is 14. The normalized spacial score (nSPS) is 25.1. The van der Waals surface area contributed by atoms with Gasteiger partial charge in [0.15, 0.2) is 41.3 Å². The van der Waals surface area contributed by atoms with Gasteiger partial charge in [0, 0.05) is 0 Å². The second-order valence-electron chi connectivity index (χ2n) is 7.96. The number of H-pyrrole nitrogens is 1. The van der Waals surface area contributed by atoms with Gasteiger partial charge in [-0.1, -0.05) is 0 Å². The summed E-state index contributed by atoms with van der Waals surface area (Å²) in [7, 11) is 0. The number of fused-ring (bicyclic) bond motifs is 2. The van der Waals surface area contributed by atoms with Crippen molar-refractivity contribution < 1.29 is 37.7 Å². The number of aromatic nitrogens is 8. The van der Waals surface area contributed by atoms with Gasteiger partial charge in [0.1, 0.15) is 24.1 Å². The van der Waals surface area contributed by atoms with Crippen LogP contribution in [-0.2, 0) is 25.6 Å². The van der Waals surface area contributed by atoms with Crippen molar-refractivity contribution in [3.05, 3.63) is 29.3 Å². The average Bonchev–Trinajstić information content (AvgIpc) is 3.55. The molecule has 7 atom stereocenters. The number of halogens is 2. The molecule has 1 fully saturated rings. The summed E-state index contributed by atoms with van der Waals surface area (Å²) in [4.78, 5) is 44.3. The monoisotopic (exact) mass is 576 g/mol. The topological polar surface area (TPSA) is 248 Å². The van der Waals surface area contributed by atoms with Crippen LogP contribution in [0.15, 0.2) is 23.8 Å². The molecule has 5 rings (SSSR count). The van der Waals surface area contributed by atoms with Crippen LogP contribution in [0.25, 0.3) is 22.3 Å². The van der Waals surface area contributed by atoms with Crippen molar-refractivity contribution in [2.45, 2.75) is 37.2 Å². The van der Waals surface area contributed by atoms with Crippen LogP contribution in [0.3, 0.4) is 0 Å². The van der Waals surface area contributed by atoms with Gasteiger partial charge >= 0.3 is 6.72 Å². The fourth-order valence-electron chi connectivity index (χ4n) is 3.86. The van der Waals surface area contributed by atoms with Crippen molar-refractivity contribution in [2.75, 3.05) is 18.1 Å². The second-order valence-corrected chi connectivity index (χ2v) is 10.7. The van der Waals surface area contributed by atoms with Crippen molar-refractivity contribution in [3.63, 3.8) is 0 Å². The van der Waals surface area contributed by atoms with Gasteiger partial charge in [-0.2, -0.15) is 4.98 Å². The van der Waals surface area contributed by atoms with E-state index in [0.717, 1.165) is 28.1 Å². The number of aliphatic hydroxyl groups excluding tert-OH is 2. The number of nitrogens with two attached hydrogens (primary N) is 2. The van der Waals surface area contributed by atoms with Gasteiger partial charge in [-0.25, -0.2) is 28.7 Å². The number of nitrogens with zero attached hydrogens (tertiary/aromatic N) is 7. The lowest BCUT2D eigenvalue weighted by Gasteiger charge is -2.27. The lowest BCUT2D eigenvalue weighted by atomic mass is 10.1. The number of anilines is 2. The average molecular weight is 576 g/mol. The Labute approximate surface area is 214 Å². The van der Waals surface area contributed by atoms with Crippen LogP contribution in [0.1, 0.15) is 12.5 Å². The van der Waals surface area contributed by atoms with Gasteiger partial charge in [-0.15, -0.1) is 0 Å². The van der Waals surface area contributed by atoms with Crippen LogP contribution in [0.2, 0.25) is 0 Å². The van der Waals surface area contributed by atoms with E-state index >= 15 is 4.39 Å². The number of rotatable bonds is 8. The Hall–Kier alpha value is -3.23. The SMILES string of the molecule is Nc1nc2c(ncn2[C@@H]2O[C@H](CO)[C@@H](F)[C@H]2OP(O)(=S)OC(F)[C@H](O)n2cnc3c(N)ncnc32)c(=O)[nH]1. The molecular weight excluding hydrogens is 557 g/mol. The standard InChI is InChI=1S/C17H19F2N10O7PS/c18-6-5(1-30)34-16(29-4-25-8-13(29)26-17(21)27-14(8)31)9(6)35-37(33,38)36-10(19)15(32)28-3-24-7-11(20)22-2-23-12(7)28/h2-6,9-10,15-16,30,32H,1H2,(H,33,38)(H2,20,22,23)(H3,21,26,27,31)/t5-,6-,9-,10?,15+,16-,37?/m1/s1. The van der Waals surface area contributed by atoms with Crippen LogP contribution in [0.4, 0.5) is 20.5 Å². The van der Waals surface area contributed by atoms with Crippen molar-refractivity contribution in [1.82, 2.24) is 39.0 Å². The molecule has 4 aromatic rings. The zero-order chi connectivity index (χ0) is 27.4. The fraction of sp³-hybridized carbons (Fsp3) is 0.412. The number of imidazole rings is 2. The van der Waals surface area contributed by atoms with E-state index in [9.17, 15) is 24.3 Å². The Bertz CT molecular complexity index is 1600. The Morgan fingerprint density at radius 1 is 1.24 bits per heavy atom. The number of ether oxygens (including phenoxy) is 1. The molecule has 1 saturated heterocycles. The molecule has 1 aliphatic heterocycles. The first-order valence-electron chi connectivity index (χ1n) is 10.6. The predicted molar refractivity (Wildman–Crippen MR) is 127 cm³/mol. The highest BCUT2D eigenvalue weighted by Gasteiger charge is 2.50. The highest BCUT2D eigenvalue weighted by molar-refractivity contribution is 8.07. The molecule has 17 nitrogen and oxygen atoms in total. The number of alkyl halides is 2. The molecule has 8 N–H and O–H groups in total. The van der Waals surface area contributed by atoms with E-state index in [0.29, 0.717) is 0 Å². The van der Waals surface area contributed by atoms with E-state index in [2.05, 4.69) is 29.9 Å². The molecule has 0 bridgehead atoms. The van der Waals surface area contributed by atoms with Crippen LogP contribution in [-0.4, -0.2) is 85.5 Å². The van der Waals surface area contributed by atoms with Gasteiger partial charge < -0.3 is 31.3 Å². The van der Waals surface area contributed by atoms with Gasteiger partial charge in [0.25, 0.3) is 11.9 Å². The van der Waals surface area contributed by atoms with E-state index in [1.54, 1.807) is 0 Å². The maximum atomic E-state index is 15.2. The summed E-state index contributed by atoms with van der Waals surface area (Å²) < 4.78 is 47.6. The van der Waals surface area contributed by atoms with E-state index in [-0.39, 0.29) is 34.1 Å². The first kappa shape index (κ1) is 26.4. The minimum absolute atomic E-state index is 0.0298. The first-order chi connectivity index (χ1) is 18.0. The second kappa shape index (κ2) is 9.82. The molecule has 0 amide bonds. The molecule has 1 aliphatic rings. The molecule has 0 spiro atoms. The van der Waals surface area contributed by atoms with E-state index in [1.807, 2.05) is 0 Å². The number of nitrogens with one attached hydrogen (secondary N) is 1. The summed E-state index contributed by atoms with van der Waals surface area (Å²) >= 11 is 4.87. The predicted octanol–water partition coefficient (Wildman–Crippen LogP) is -1.24.